The minimum atomic E-state index is -5.72. The average Bonchev–Trinajstić information content (AvgIpc) is 3.27. The predicted molar refractivity (Wildman–Crippen MR) is 119 cm³/mol. The summed E-state index contributed by atoms with van der Waals surface area (Å²) in [7, 11) is 0. The van der Waals surface area contributed by atoms with Crippen LogP contribution in [0.2, 0.25) is 0 Å². The van der Waals surface area contributed by atoms with Crippen LogP contribution in [0.3, 0.4) is 0 Å². The summed E-state index contributed by atoms with van der Waals surface area (Å²) in [6.07, 6.45) is -11.0. The van der Waals surface area contributed by atoms with E-state index in [9.17, 15) is 45.2 Å². The van der Waals surface area contributed by atoms with E-state index in [-0.39, 0.29) is 10.4 Å². The third-order valence-electron chi connectivity index (χ3n) is 6.14. The molecule has 39 heavy (non-hydrogen) atoms. The van der Waals surface area contributed by atoms with Gasteiger partial charge in [-0.05, 0) is 18.2 Å². The van der Waals surface area contributed by atoms with Gasteiger partial charge in [0.05, 0.1) is 11.3 Å². The number of aromatic nitrogens is 3. The summed E-state index contributed by atoms with van der Waals surface area (Å²) in [6, 6.07) is 3.22. The molecule has 1 fully saturated rings. The molecule has 1 amide bonds. The lowest BCUT2D eigenvalue weighted by Crippen LogP contribution is -2.47. The van der Waals surface area contributed by atoms with E-state index in [0.717, 1.165) is 12.2 Å². The molecule has 0 saturated heterocycles. The van der Waals surface area contributed by atoms with Gasteiger partial charge in [0.1, 0.15) is 24.5 Å². The molecule has 0 bridgehead atoms. The molecule has 7 nitrogen and oxygen atoms in total. The van der Waals surface area contributed by atoms with Gasteiger partial charge in [0.15, 0.2) is 16.0 Å². The highest BCUT2D eigenvalue weighted by molar-refractivity contribution is 6.33. The minimum absolute atomic E-state index is 0.0701. The van der Waals surface area contributed by atoms with E-state index in [1.807, 2.05) is 0 Å². The largest absolute Gasteiger partial charge is 0.443 e. The molecule has 2 heterocycles. The highest BCUT2D eigenvalue weighted by Gasteiger charge is 2.86. The lowest BCUT2D eigenvalue weighted by atomic mass is 9.91. The number of carbonyl (C=O) groups is 1. The number of carbonyl (C=O) groups excluding carboxylic acids is 1. The molecule has 1 saturated carbocycles. The summed E-state index contributed by atoms with van der Waals surface area (Å²) in [4.78, 5) is 13.0. The van der Waals surface area contributed by atoms with E-state index in [0.29, 0.717) is 6.08 Å². The van der Waals surface area contributed by atoms with Crippen LogP contribution in [0, 0.1) is 11.3 Å². The zero-order valence-corrected chi connectivity index (χ0v) is 20.4. The molecule has 0 aromatic carbocycles. The third kappa shape index (κ3) is 4.59. The van der Waals surface area contributed by atoms with Crippen LogP contribution < -0.4 is 5.32 Å². The number of allylic oxidation sites excluding steroid dienone is 4. The monoisotopic (exact) mass is 601 g/mol. The van der Waals surface area contributed by atoms with E-state index in [1.165, 1.54) is 30.5 Å². The lowest BCUT2D eigenvalue weighted by Gasteiger charge is -2.37. The Balaban J connectivity index is 1.91. The van der Waals surface area contributed by atoms with Crippen molar-refractivity contribution in [3.63, 3.8) is 0 Å². The molecule has 4 rings (SSSR count). The molecule has 17 heteroatoms. The van der Waals surface area contributed by atoms with Crippen LogP contribution in [0.5, 0.6) is 0 Å². The number of ether oxygens (including phenoxy) is 1. The Hall–Kier alpha value is -3.38. The Morgan fingerprint density at radius 2 is 1.90 bits per heavy atom. The minimum Gasteiger partial charge on any atom is -0.443 e. The van der Waals surface area contributed by atoms with Crippen molar-refractivity contribution in [2.24, 2.45) is 0 Å². The molecule has 2 aliphatic rings. The van der Waals surface area contributed by atoms with Crippen LogP contribution >= 0.6 is 23.2 Å². The number of amides is 1. The molecule has 3 atom stereocenters. The van der Waals surface area contributed by atoms with Crippen molar-refractivity contribution in [2.75, 3.05) is 5.32 Å². The van der Waals surface area contributed by atoms with Crippen LogP contribution in [0.4, 0.5) is 45.7 Å². The summed E-state index contributed by atoms with van der Waals surface area (Å²) in [5.74, 6) is -5.82. The Morgan fingerprint density at radius 1 is 1.23 bits per heavy atom. The normalized spacial score (nSPS) is 26.0. The molecule has 2 aromatic rings. The first-order valence-corrected chi connectivity index (χ1v) is 11.4. The number of anilines is 1. The Kier molecular flexibility index (Phi) is 6.88. The first-order valence-electron chi connectivity index (χ1n) is 10.6. The maximum Gasteiger partial charge on any atom is 0.413 e. The van der Waals surface area contributed by atoms with Gasteiger partial charge in [0, 0.05) is 17.6 Å². The number of nitrogens with zero attached hydrogens (tertiary/aromatic N) is 4. The zero-order chi connectivity index (χ0) is 29.0. The van der Waals surface area contributed by atoms with Crippen molar-refractivity contribution in [3.05, 3.63) is 64.6 Å². The molecular formula is C22H13Cl2F8N5O2. The van der Waals surface area contributed by atoms with Crippen molar-refractivity contribution in [2.45, 2.75) is 47.6 Å². The molecular weight excluding hydrogens is 589 g/mol. The molecule has 208 valence electrons. The summed E-state index contributed by atoms with van der Waals surface area (Å²) in [6.45, 7) is -0.559. The third-order valence-corrected chi connectivity index (χ3v) is 7.02. The highest BCUT2D eigenvalue weighted by Crippen LogP contribution is 2.71. The highest BCUT2D eigenvalue weighted by atomic mass is 35.5. The van der Waals surface area contributed by atoms with Gasteiger partial charge in [0.2, 0.25) is 0 Å². The van der Waals surface area contributed by atoms with Crippen molar-refractivity contribution < 1.29 is 44.7 Å². The van der Waals surface area contributed by atoms with E-state index in [1.54, 1.807) is 5.32 Å². The van der Waals surface area contributed by atoms with Gasteiger partial charge in [-0.25, -0.2) is 18.3 Å². The van der Waals surface area contributed by atoms with Crippen molar-refractivity contribution >= 4 is 35.1 Å². The second kappa shape index (κ2) is 9.37. The number of nitrogens with one attached hydrogen (secondary N) is 1. The molecule has 0 radical (unpaired) electrons. The van der Waals surface area contributed by atoms with Crippen molar-refractivity contribution in [1.29, 1.82) is 5.26 Å². The quantitative estimate of drug-likeness (QED) is 0.311. The van der Waals surface area contributed by atoms with Crippen LogP contribution in [-0.2, 0) is 16.8 Å². The first-order chi connectivity index (χ1) is 18.0. The summed E-state index contributed by atoms with van der Waals surface area (Å²) < 4.78 is 118. The van der Waals surface area contributed by atoms with Gasteiger partial charge >= 0.3 is 18.4 Å². The zero-order valence-electron chi connectivity index (χ0n) is 18.9. The number of nitriles is 1. The van der Waals surface area contributed by atoms with E-state index in [2.05, 4.69) is 10.1 Å². The SMILES string of the molecule is N#Cc1nn(C2C(Cl)=CC=CC2(Cl)C(F)(F)F)c(NC(=O)OCc2ccccn2)c1C1(C(F)(F)F)CC1(F)F. The smallest absolute Gasteiger partial charge is 0.413 e. The maximum absolute atomic E-state index is 14.4. The second-order valence-electron chi connectivity index (χ2n) is 8.51. The lowest BCUT2D eigenvalue weighted by molar-refractivity contribution is -0.182. The van der Waals surface area contributed by atoms with Crippen LogP contribution in [-0.4, -0.2) is 44.0 Å². The Labute approximate surface area is 223 Å². The van der Waals surface area contributed by atoms with E-state index >= 15 is 0 Å². The van der Waals surface area contributed by atoms with Crippen LogP contribution in [0.1, 0.15) is 29.4 Å². The maximum atomic E-state index is 14.4. The van der Waals surface area contributed by atoms with Crippen molar-refractivity contribution in [3.8, 4) is 6.07 Å². The summed E-state index contributed by atoms with van der Waals surface area (Å²) >= 11 is 11.9. The van der Waals surface area contributed by atoms with Gasteiger partial charge in [-0.2, -0.15) is 36.7 Å². The van der Waals surface area contributed by atoms with Gasteiger partial charge in [0.25, 0.3) is 5.92 Å². The number of hydrogen-bond donors (Lipinski definition) is 1. The van der Waals surface area contributed by atoms with E-state index in [4.69, 9.17) is 27.9 Å². The molecule has 1 N–H and O–H groups in total. The van der Waals surface area contributed by atoms with Crippen molar-refractivity contribution in [1.82, 2.24) is 14.8 Å². The van der Waals surface area contributed by atoms with Crippen LogP contribution in [0.15, 0.2) is 47.7 Å². The Bertz CT molecular complexity index is 1400. The van der Waals surface area contributed by atoms with E-state index < -0.39 is 75.8 Å². The number of hydrogen-bond acceptors (Lipinski definition) is 5. The first kappa shape index (κ1) is 28.6. The second-order valence-corrected chi connectivity index (χ2v) is 9.58. The number of rotatable bonds is 5. The number of halogens is 10. The topological polar surface area (TPSA) is 92.8 Å². The molecule has 0 spiro atoms. The van der Waals surface area contributed by atoms with Gasteiger partial charge in [-0.3, -0.25) is 10.3 Å². The summed E-state index contributed by atoms with van der Waals surface area (Å²) in [5.41, 5.74) is -6.78. The van der Waals surface area contributed by atoms with Crippen LogP contribution in [0.25, 0.3) is 0 Å². The fourth-order valence-corrected chi connectivity index (χ4v) is 4.87. The fourth-order valence-electron chi connectivity index (χ4n) is 4.20. The molecule has 3 unspecified atom stereocenters. The molecule has 2 aromatic heterocycles. The number of pyridine rings is 1. The van der Waals surface area contributed by atoms with Gasteiger partial charge in [-0.15, -0.1) is 11.6 Å². The Morgan fingerprint density at radius 3 is 2.41 bits per heavy atom. The summed E-state index contributed by atoms with van der Waals surface area (Å²) in [5, 5.41) is 14.0. The van der Waals surface area contributed by atoms with Gasteiger partial charge < -0.3 is 4.74 Å². The standard InChI is InChI=1S/C22H13Cl2F8N5O2/c23-12-5-3-6-19(24,22(30,31)32)15(12)37-16(35-17(38)39-9-11-4-1-2-7-34-11)14(13(8-33)36-37)18(21(27,28)29)10-20(18,25)26/h1-7,15H,9-10H2,(H,35,38). The predicted octanol–water partition coefficient (Wildman–Crippen LogP) is 6.51. The molecule has 0 aliphatic heterocycles. The number of alkyl halides is 9. The molecule has 2 aliphatic carbocycles. The average molecular weight is 602 g/mol. The van der Waals surface area contributed by atoms with Gasteiger partial charge in [-0.1, -0.05) is 29.8 Å². The fraction of sp³-hybridized carbons (Fsp3) is 0.364.